The van der Waals surface area contributed by atoms with E-state index in [1.807, 2.05) is 75.4 Å². The highest BCUT2D eigenvalue weighted by atomic mass is 32.1. The van der Waals surface area contributed by atoms with Crippen LogP contribution in [0.2, 0.25) is 0 Å². The third-order valence-electron chi connectivity index (χ3n) is 7.52. The topological polar surface area (TPSA) is 88.5 Å². The van der Waals surface area contributed by atoms with E-state index in [4.69, 9.17) is 17.0 Å². The van der Waals surface area contributed by atoms with Crippen LogP contribution in [0.3, 0.4) is 0 Å². The molecular formula is C32H33N5O3S. The van der Waals surface area contributed by atoms with Gasteiger partial charge in [-0.3, -0.25) is 9.78 Å². The van der Waals surface area contributed by atoms with E-state index in [0.717, 1.165) is 45.3 Å². The first-order valence-electron chi connectivity index (χ1n) is 13.5. The van der Waals surface area contributed by atoms with Crippen LogP contribution >= 0.6 is 12.2 Å². The van der Waals surface area contributed by atoms with Gasteiger partial charge in [-0.15, -0.1) is 0 Å². The first-order valence-corrected chi connectivity index (χ1v) is 13.9. The molecule has 0 radical (unpaired) electrons. The van der Waals surface area contributed by atoms with E-state index in [-0.39, 0.29) is 18.0 Å². The normalized spacial score (nSPS) is 16.4. The monoisotopic (exact) mass is 567 g/mol. The summed E-state index contributed by atoms with van der Waals surface area (Å²) in [6, 6.07) is 20.9. The van der Waals surface area contributed by atoms with Gasteiger partial charge in [0, 0.05) is 35.4 Å². The Morgan fingerprint density at radius 3 is 2.49 bits per heavy atom. The molecule has 0 bridgehead atoms. The fraction of sp³-hybridized carbons (Fsp3) is 0.250. The number of para-hydroxylation sites is 1. The summed E-state index contributed by atoms with van der Waals surface area (Å²) < 4.78 is 7.17. The van der Waals surface area contributed by atoms with Gasteiger partial charge in [-0.1, -0.05) is 25.1 Å². The van der Waals surface area contributed by atoms with Crippen molar-refractivity contribution < 1.29 is 14.3 Å². The molecule has 1 fully saturated rings. The van der Waals surface area contributed by atoms with Crippen molar-refractivity contribution in [2.45, 2.75) is 46.2 Å². The van der Waals surface area contributed by atoms with Gasteiger partial charge in [-0.25, -0.2) is 4.79 Å². The number of benzene rings is 2. The van der Waals surface area contributed by atoms with Gasteiger partial charge in [0.05, 0.1) is 36.1 Å². The van der Waals surface area contributed by atoms with E-state index in [9.17, 15) is 9.59 Å². The van der Waals surface area contributed by atoms with Crippen LogP contribution < -0.4 is 15.5 Å². The molecule has 3 heterocycles. The molecule has 1 aliphatic rings. The van der Waals surface area contributed by atoms with Crippen molar-refractivity contribution in [2.24, 2.45) is 0 Å². The number of esters is 1. The number of carbonyl (C=O) groups excluding carboxylic acids is 2. The summed E-state index contributed by atoms with van der Waals surface area (Å²) in [5.41, 5.74) is 7.71. The Labute approximate surface area is 245 Å². The van der Waals surface area contributed by atoms with Crippen molar-refractivity contribution in [2.75, 3.05) is 17.3 Å². The minimum absolute atomic E-state index is 0.0352. The van der Waals surface area contributed by atoms with E-state index in [2.05, 4.69) is 38.1 Å². The number of carbonyl (C=O) groups is 2. The molecular weight excluding hydrogens is 534 g/mol. The second-order valence-corrected chi connectivity index (χ2v) is 10.5. The van der Waals surface area contributed by atoms with Crippen LogP contribution in [0, 0.1) is 20.8 Å². The van der Waals surface area contributed by atoms with Crippen LogP contribution in [0.4, 0.5) is 11.4 Å². The molecule has 2 aromatic heterocycles. The number of rotatable bonds is 7. The molecule has 0 spiro atoms. The molecule has 1 saturated heterocycles. The second-order valence-electron chi connectivity index (χ2n) is 10.1. The Hall–Kier alpha value is -4.50. The zero-order valence-corrected chi connectivity index (χ0v) is 24.6. The lowest BCUT2D eigenvalue weighted by molar-refractivity contribution is -0.115. The highest BCUT2D eigenvalue weighted by Gasteiger charge is 2.42. The predicted octanol–water partition coefficient (Wildman–Crippen LogP) is 6.11. The molecule has 0 saturated carbocycles. The quantitative estimate of drug-likeness (QED) is 0.206. The van der Waals surface area contributed by atoms with Crippen LogP contribution in [0.25, 0.3) is 5.69 Å². The number of pyridine rings is 1. The fourth-order valence-electron chi connectivity index (χ4n) is 5.53. The van der Waals surface area contributed by atoms with Crippen molar-refractivity contribution in [3.8, 4) is 5.69 Å². The number of nitrogens with one attached hydrogen (secondary N) is 2. The second kappa shape index (κ2) is 11.5. The van der Waals surface area contributed by atoms with Crippen molar-refractivity contribution in [3.63, 3.8) is 0 Å². The average molecular weight is 568 g/mol. The maximum Gasteiger partial charge on any atom is 0.339 e. The number of anilines is 2. The number of nitrogens with zero attached hydrogens (tertiary/aromatic N) is 3. The molecule has 1 aliphatic heterocycles. The van der Waals surface area contributed by atoms with Crippen LogP contribution in [-0.4, -0.2) is 33.6 Å². The van der Waals surface area contributed by atoms with Gasteiger partial charge >= 0.3 is 5.97 Å². The zero-order valence-electron chi connectivity index (χ0n) is 23.8. The Balaban J connectivity index is 1.66. The number of hydrogen-bond donors (Lipinski definition) is 2. The molecule has 2 aromatic carbocycles. The van der Waals surface area contributed by atoms with Crippen molar-refractivity contribution >= 4 is 40.6 Å². The number of thiocarbonyl (C=S) groups is 1. The Morgan fingerprint density at radius 1 is 1.05 bits per heavy atom. The first-order chi connectivity index (χ1) is 19.7. The molecule has 0 aliphatic carbocycles. The van der Waals surface area contributed by atoms with E-state index < -0.39 is 5.97 Å². The van der Waals surface area contributed by atoms with Gasteiger partial charge in [0.25, 0.3) is 0 Å². The number of hydrogen-bond acceptors (Lipinski definition) is 5. The van der Waals surface area contributed by atoms with Gasteiger partial charge < -0.3 is 24.8 Å². The standard InChI is InChI=1S/C32H33N5O3S/c1-6-28(38)34-25-15-14-22(17-19(25)2)37-30(29(35-32(37)41)26-12-9-10-16-33-26)24-18-20(3)36(21(24)4)27-13-8-7-11-23(27)31(39)40-5/h7-18,29-30H,6H2,1-5H3,(H,34,38)(H,35,41). The van der Waals surface area contributed by atoms with Crippen molar-refractivity contribution in [1.29, 1.82) is 0 Å². The number of aromatic nitrogens is 2. The van der Waals surface area contributed by atoms with Crippen LogP contribution in [0.1, 0.15) is 64.0 Å². The van der Waals surface area contributed by atoms with Gasteiger partial charge in [-0.05, 0) is 92.6 Å². The summed E-state index contributed by atoms with van der Waals surface area (Å²) in [6.07, 6.45) is 2.19. The zero-order chi connectivity index (χ0) is 29.3. The molecule has 2 unspecified atom stereocenters. The molecule has 9 heteroatoms. The SMILES string of the molecule is CCC(=O)Nc1ccc(N2C(=S)NC(c3ccccn3)C2c2cc(C)n(-c3ccccc3C(=O)OC)c2C)cc1C. The summed E-state index contributed by atoms with van der Waals surface area (Å²) in [5.74, 6) is -0.427. The summed E-state index contributed by atoms with van der Waals surface area (Å²) in [5, 5.41) is 7.06. The molecule has 8 nitrogen and oxygen atoms in total. The van der Waals surface area contributed by atoms with E-state index >= 15 is 0 Å². The van der Waals surface area contributed by atoms with Crippen LogP contribution in [0.15, 0.2) is 72.9 Å². The molecule has 2 atom stereocenters. The number of methoxy groups -OCH3 is 1. The van der Waals surface area contributed by atoms with Gasteiger partial charge in [-0.2, -0.15) is 0 Å². The van der Waals surface area contributed by atoms with E-state index in [0.29, 0.717) is 17.1 Å². The summed E-state index contributed by atoms with van der Waals surface area (Å²) in [4.78, 5) is 31.5. The average Bonchev–Trinajstić information content (AvgIpc) is 3.48. The number of aryl methyl sites for hydroxylation is 2. The number of ether oxygens (including phenoxy) is 1. The molecule has 1 amide bonds. The number of amides is 1. The van der Waals surface area contributed by atoms with Crippen molar-refractivity contribution in [3.05, 3.63) is 107 Å². The van der Waals surface area contributed by atoms with E-state index in [1.165, 1.54) is 7.11 Å². The van der Waals surface area contributed by atoms with E-state index in [1.54, 1.807) is 12.3 Å². The Bertz CT molecular complexity index is 1630. The Morgan fingerprint density at radius 2 is 1.80 bits per heavy atom. The molecule has 5 rings (SSSR count). The maximum absolute atomic E-state index is 12.7. The van der Waals surface area contributed by atoms with Crippen LogP contribution in [0.5, 0.6) is 0 Å². The molecule has 210 valence electrons. The molecule has 4 aromatic rings. The summed E-state index contributed by atoms with van der Waals surface area (Å²) >= 11 is 5.94. The van der Waals surface area contributed by atoms with Gasteiger partial charge in [0.2, 0.25) is 5.91 Å². The fourth-order valence-corrected chi connectivity index (χ4v) is 5.88. The summed E-state index contributed by atoms with van der Waals surface area (Å²) in [6.45, 7) is 7.89. The minimum atomic E-state index is -0.392. The smallest absolute Gasteiger partial charge is 0.339 e. The van der Waals surface area contributed by atoms with Gasteiger partial charge in [0.1, 0.15) is 0 Å². The highest BCUT2D eigenvalue weighted by Crippen LogP contribution is 2.44. The molecule has 2 N–H and O–H groups in total. The maximum atomic E-state index is 12.7. The lowest BCUT2D eigenvalue weighted by atomic mass is 9.96. The minimum Gasteiger partial charge on any atom is -0.465 e. The predicted molar refractivity (Wildman–Crippen MR) is 165 cm³/mol. The largest absolute Gasteiger partial charge is 0.465 e. The molecule has 41 heavy (non-hydrogen) atoms. The first kappa shape index (κ1) is 28.0. The highest BCUT2D eigenvalue weighted by molar-refractivity contribution is 7.80. The van der Waals surface area contributed by atoms with Crippen LogP contribution in [-0.2, 0) is 9.53 Å². The van der Waals surface area contributed by atoms with Gasteiger partial charge in [0.15, 0.2) is 5.11 Å². The summed E-state index contributed by atoms with van der Waals surface area (Å²) in [7, 11) is 1.39. The third kappa shape index (κ3) is 5.20. The third-order valence-corrected chi connectivity index (χ3v) is 7.84. The Kier molecular flexibility index (Phi) is 7.90. The van der Waals surface area contributed by atoms with Crippen molar-refractivity contribution in [1.82, 2.24) is 14.9 Å². The lowest BCUT2D eigenvalue weighted by Crippen LogP contribution is -2.29. The lowest BCUT2D eigenvalue weighted by Gasteiger charge is -2.29.